The van der Waals surface area contributed by atoms with Crippen LogP contribution in [0.3, 0.4) is 0 Å². The lowest BCUT2D eigenvalue weighted by molar-refractivity contribution is -0.127. The van der Waals surface area contributed by atoms with Crippen LogP contribution >= 0.6 is 24.0 Å². The molecule has 2 N–H and O–H groups in total. The van der Waals surface area contributed by atoms with Crippen molar-refractivity contribution in [1.82, 2.24) is 15.5 Å². The monoisotopic (exact) mass is 468 g/mol. The van der Waals surface area contributed by atoms with Crippen molar-refractivity contribution in [2.75, 3.05) is 47.5 Å². The summed E-state index contributed by atoms with van der Waals surface area (Å²) in [7, 11) is 5.25. The molecule has 0 bridgehead atoms. The molecule has 1 aliphatic heterocycles. The first-order valence-corrected chi connectivity index (χ1v) is 8.92. The molecule has 25 heavy (non-hydrogen) atoms. The Bertz CT molecular complexity index is 434. The molecule has 7 nitrogen and oxygen atoms in total. The highest BCUT2D eigenvalue weighted by molar-refractivity contribution is 14.0. The highest BCUT2D eigenvalue weighted by Gasteiger charge is 2.32. The van der Waals surface area contributed by atoms with Crippen LogP contribution in [0, 0.1) is 0 Å². The van der Waals surface area contributed by atoms with E-state index in [1.807, 2.05) is 0 Å². The number of nitrogens with one attached hydrogen (secondary N) is 2. The minimum atomic E-state index is -0.220. The fraction of sp³-hybridized carbons (Fsp3) is 0.882. The molecule has 1 saturated heterocycles. The molecule has 1 saturated carbocycles. The number of rotatable bonds is 6. The third-order valence-electron chi connectivity index (χ3n) is 4.98. The van der Waals surface area contributed by atoms with Crippen LogP contribution in [0.25, 0.3) is 0 Å². The number of ether oxygens (including phenoxy) is 2. The predicted molar refractivity (Wildman–Crippen MR) is 110 cm³/mol. The standard InChI is InChI=1S/C17H32N4O3.HI/c1-21(2)15(22)12-18-16(20-14-6-4-5-7-14)19-13-17(23-3)8-10-24-11-9-17;/h14H,4-13H2,1-3H3,(H2,18,19,20);1H. The van der Waals surface area contributed by atoms with Gasteiger partial charge in [-0.3, -0.25) is 4.79 Å². The maximum Gasteiger partial charge on any atom is 0.243 e. The maximum atomic E-state index is 11.8. The predicted octanol–water partition coefficient (Wildman–Crippen LogP) is 1.37. The molecule has 0 radical (unpaired) electrons. The van der Waals surface area contributed by atoms with Crippen molar-refractivity contribution in [3.8, 4) is 0 Å². The van der Waals surface area contributed by atoms with Crippen LogP contribution in [0.1, 0.15) is 38.5 Å². The topological polar surface area (TPSA) is 75.2 Å². The Hall–Kier alpha value is -0.610. The number of guanidine groups is 1. The van der Waals surface area contributed by atoms with Gasteiger partial charge in [0.15, 0.2) is 5.96 Å². The van der Waals surface area contributed by atoms with Gasteiger partial charge >= 0.3 is 0 Å². The molecular formula is C17H33IN4O3. The van der Waals surface area contributed by atoms with Crippen molar-refractivity contribution in [1.29, 1.82) is 0 Å². The molecule has 2 rings (SSSR count). The summed E-state index contributed by atoms with van der Waals surface area (Å²) in [6.07, 6.45) is 6.55. The van der Waals surface area contributed by atoms with Crippen LogP contribution in [0.4, 0.5) is 0 Å². The molecule has 0 atom stereocenters. The second-order valence-electron chi connectivity index (χ2n) is 6.93. The third-order valence-corrected chi connectivity index (χ3v) is 4.98. The molecule has 0 aromatic carbocycles. The number of aliphatic imine (C=N–C) groups is 1. The number of nitrogens with zero attached hydrogens (tertiary/aromatic N) is 2. The number of amides is 1. The summed E-state index contributed by atoms with van der Waals surface area (Å²) < 4.78 is 11.2. The molecule has 2 fully saturated rings. The normalized spacial score (nSPS) is 20.7. The van der Waals surface area contributed by atoms with Gasteiger partial charge in [0.05, 0.1) is 5.60 Å². The van der Waals surface area contributed by atoms with Crippen molar-refractivity contribution >= 4 is 35.8 Å². The minimum Gasteiger partial charge on any atom is -0.381 e. The summed E-state index contributed by atoms with van der Waals surface area (Å²) in [5, 5.41) is 6.86. The molecule has 2 aliphatic rings. The van der Waals surface area contributed by atoms with Gasteiger partial charge in [0.1, 0.15) is 6.54 Å². The van der Waals surface area contributed by atoms with Gasteiger partial charge in [-0.1, -0.05) is 12.8 Å². The quantitative estimate of drug-likeness (QED) is 0.350. The first-order chi connectivity index (χ1) is 11.5. The second kappa shape index (κ2) is 11.2. The van der Waals surface area contributed by atoms with Gasteiger partial charge in [-0.05, 0) is 12.8 Å². The number of carbonyl (C=O) groups is 1. The van der Waals surface area contributed by atoms with Gasteiger partial charge in [0, 0.05) is 59.8 Å². The van der Waals surface area contributed by atoms with E-state index in [1.54, 1.807) is 26.1 Å². The zero-order chi connectivity index (χ0) is 17.4. The van der Waals surface area contributed by atoms with E-state index in [0.29, 0.717) is 18.5 Å². The summed E-state index contributed by atoms with van der Waals surface area (Å²) >= 11 is 0. The van der Waals surface area contributed by atoms with E-state index < -0.39 is 0 Å². The van der Waals surface area contributed by atoms with Gasteiger partial charge in [0.2, 0.25) is 5.91 Å². The zero-order valence-electron chi connectivity index (χ0n) is 15.7. The van der Waals surface area contributed by atoms with E-state index in [0.717, 1.165) is 38.9 Å². The molecule has 0 aromatic heterocycles. The fourth-order valence-corrected chi connectivity index (χ4v) is 3.15. The molecule has 8 heteroatoms. The van der Waals surface area contributed by atoms with E-state index in [1.165, 1.54) is 12.8 Å². The van der Waals surface area contributed by atoms with E-state index in [9.17, 15) is 4.79 Å². The van der Waals surface area contributed by atoms with Gasteiger partial charge in [0.25, 0.3) is 0 Å². The molecular weight excluding hydrogens is 435 g/mol. The van der Waals surface area contributed by atoms with Crippen LogP contribution < -0.4 is 10.6 Å². The van der Waals surface area contributed by atoms with Crippen LogP contribution in [0.2, 0.25) is 0 Å². The number of likely N-dealkylation sites (N-methyl/N-ethyl adjacent to an activating group) is 1. The number of methoxy groups -OCH3 is 1. The lowest BCUT2D eigenvalue weighted by Crippen LogP contribution is -2.52. The Labute approximate surface area is 168 Å². The van der Waals surface area contributed by atoms with Gasteiger partial charge < -0.3 is 25.0 Å². The minimum absolute atomic E-state index is 0. The van der Waals surface area contributed by atoms with Gasteiger partial charge in [-0.2, -0.15) is 0 Å². The zero-order valence-corrected chi connectivity index (χ0v) is 18.0. The first kappa shape index (κ1) is 22.4. The van der Waals surface area contributed by atoms with Crippen LogP contribution in [-0.4, -0.2) is 75.9 Å². The lowest BCUT2D eigenvalue weighted by Gasteiger charge is -2.36. The smallest absolute Gasteiger partial charge is 0.243 e. The van der Waals surface area contributed by atoms with Crippen molar-refractivity contribution in [3.63, 3.8) is 0 Å². The van der Waals surface area contributed by atoms with Crippen LogP contribution in [0.15, 0.2) is 4.99 Å². The largest absolute Gasteiger partial charge is 0.381 e. The number of hydrogen-bond acceptors (Lipinski definition) is 4. The number of halogens is 1. The molecule has 0 spiro atoms. The van der Waals surface area contributed by atoms with Crippen molar-refractivity contribution in [2.24, 2.45) is 4.99 Å². The van der Waals surface area contributed by atoms with Gasteiger partial charge in [-0.15, -0.1) is 24.0 Å². The lowest BCUT2D eigenvalue weighted by atomic mass is 9.94. The molecule has 146 valence electrons. The van der Waals surface area contributed by atoms with E-state index in [2.05, 4.69) is 15.6 Å². The third kappa shape index (κ3) is 7.26. The number of hydrogen-bond donors (Lipinski definition) is 2. The summed E-state index contributed by atoms with van der Waals surface area (Å²) in [5.41, 5.74) is -0.220. The van der Waals surface area contributed by atoms with Crippen molar-refractivity contribution < 1.29 is 14.3 Å². The van der Waals surface area contributed by atoms with Crippen molar-refractivity contribution in [2.45, 2.75) is 50.2 Å². The van der Waals surface area contributed by atoms with E-state index in [4.69, 9.17) is 9.47 Å². The molecule has 1 amide bonds. The first-order valence-electron chi connectivity index (χ1n) is 8.92. The summed E-state index contributed by atoms with van der Waals surface area (Å²) in [5.74, 6) is 0.704. The molecule has 0 aromatic rings. The summed E-state index contributed by atoms with van der Waals surface area (Å²) in [4.78, 5) is 17.9. The average Bonchev–Trinajstić information content (AvgIpc) is 3.10. The SMILES string of the molecule is COC1(CNC(=NCC(=O)N(C)C)NC2CCCC2)CCOCC1.I. The van der Waals surface area contributed by atoms with Crippen molar-refractivity contribution in [3.05, 3.63) is 0 Å². The Morgan fingerprint density at radius 3 is 2.48 bits per heavy atom. The Morgan fingerprint density at radius 1 is 1.28 bits per heavy atom. The fourth-order valence-electron chi connectivity index (χ4n) is 3.15. The number of carbonyl (C=O) groups excluding carboxylic acids is 1. The molecule has 0 unspecified atom stereocenters. The molecule has 1 heterocycles. The summed E-state index contributed by atoms with van der Waals surface area (Å²) in [6.45, 7) is 2.26. The Morgan fingerprint density at radius 2 is 1.92 bits per heavy atom. The highest BCUT2D eigenvalue weighted by Crippen LogP contribution is 2.23. The molecule has 1 aliphatic carbocycles. The Balaban J connectivity index is 0.00000312. The van der Waals surface area contributed by atoms with E-state index in [-0.39, 0.29) is 42.0 Å². The average molecular weight is 468 g/mol. The second-order valence-corrected chi connectivity index (χ2v) is 6.93. The van der Waals surface area contributed by atoms with Crippen LogP contribution in [-0.2, 0) is 14.3 Å². The van der Waals surface area contributed by atoms with E-state index >= 15 is 0 Å². The van der Waals surface area contributed by atoms with Crippen LogP contribution in [0.5, 0.6) is 0 Å². The van der Waals surface area contributed by atoms with Gasteiger partial charge in [-0.25, -0.2) is 4.99 Å². The highest BCUT2D eigenvalue weighted by atomic mass is 127. The Kier molecular flexibility index (Phi) is 10.0. The summed E-state index contributed by atoms with van der Waals surface area (Å²) in [6, 6.07) is 0.443. The maximum absolute atomic E-state index is 11.8.